The Morgan fingerprint density at radius 1 is 1.12 bits per heavy atom. The van der Waals surface area contributed by atoms with Gasteiger partial charge in [-0.25, -0.2) is 0 Å². The van der Waals surface area contributed by atoms with Crippen molar-refractivity contribution < 1.29 is 4.43 Å². The third-order valence-electron chi connectivity index (χ3n) is 2.73. The topological polar surface area (TPSA) is 9.23 Å². The van der Waals surface area contributed by atoms with Gasteiger partial charge in [0.15, 0.2) is 8.32 Å². The van der Waals surface area contributed by atoms with Gasteiger partial charge in [0.25, 0.3) is 0 Å². The van der Waals surface area contributed by atoms with Crippen LogP contribution in [0.25, 0.3) is 0 Å². The van der Waals surface area contributed by atoms with Crippen LogP contribution in [0.15, 0.2) is 10.2 Å². The van der Waals surface area contributed by atoms with E-state index in [0.29, 0.717) is 0 Å². The van der Waals surface area contributed by atoms with Crippen LogP contribution in [0.5, 0.6) is 0 Å². The molecule has 0 aliphatic carbocycles. The molecule has 0 amide bonds. The first-order valence-electron chi connectivity index (χ1n) is 6.81. The van der Waals surface area contributed by atoms with E-state index in [0.717, 1.165) is 6.42 Å². The molecule has 102 valence electrons. The van der Waals surface area contributed by atoms with E-state index < -0.39 is 8.32 Å². The Hall–Kier alpha value is 0.647. The highest BCUT2D eigenvalue weighted by molar-refractivity contribution is 14.1. The summed E-state index contributed by atoms with van der Waals surface area (Å²) in [7, 11) is -1.46. The van der Waals surface area contributed by atoms with E-state index in [1.807, 2.05) is 0 Å². The van der Waals surface area contributed by atoms with Gasteiger partial charge in [0.1, 0.15) is 0 Å². The van der Waals surface area contributed by atoms with Crippen molar-refractivity contribution in [3.8, 4) is 0 Å². The average molecular weight is 368 g/mol. The highest BCUT2D eigenvalue weighted by atomic mass is 127. The minimum Gasteiger partial charge on any atom is -0.409 e. The maximum absolute atomic E-state index is 6.32. The summed E-state index contributed by atoms with van der Waals surface area (Å²) in [6.07, 6.45) is 10.1. The number of hydrogen-bond acceptors (Lipinski definition) is 1. The Labute approximate surface area is 123 Å². The van der Waals surface area contributed by atoms with Gasteiger partial charge in [0.05, 0.1) is 5.60 Å². The molecule has 3 heteroatoms. The molecule has 0 bridgehead atoms. The molecule has 0 rings (SSSR count). The molecule has 0 radical (unpaired) electrons. The van der Waals surface area contributed by atoms with E-state index in [-0.39, 0.29) is 5.60 Å². The minimum absolute atomic E-state index is 0.0438. The average Bonchev–Trinajstić information content (AvgIpc) is 2.14. The maximum atomic E-state index is 6.32. The Morgan fingerprint density at radius 2 is 1.71 bits per heavy atom. The van der Waals surface area contributed by atoms with Gasteiger partial charge in [-0.05, 0) is 43.1 Å². The van der Waals surface area contributed by atoms with Crippen LogP contribution in [-0.2, 0) is 4.43 Å². The summed E-state index contributed by atoms with van der Waals surface area (Å²) in [5, 5.41) is 0. The van der Waals surface area contributed by atoms with Crippen molar-refractivity contribution in [2.24, 2.45) is 0 Å². The van der Waals surface area contributed by atoms with Gasteiger partial charge in [0, 0.05) is 0 Å². The van der Waals surface area contributed by atoms with Gasteiger partial charge in [-0.2, -0.15) is 0 Å². The SMILES string of the molecule is CCCCCCCC(C)(/C=C/I)O[Si](C)(C)C. The zero-order chi connectivity index (χ0) is 13.4. The molecule has 1 atom stereocenters. The Balaban J connectivity index is 4.13. The molecule has 1 unspecified atom stereocenters. The molecule has 0 saturated carbocycles. The summed E-state index contributed by atoms with van der Waals surface area (Å²) in [6, 6.07) is 0. The van der Waals surface area contributed by atoms with Gasteiger partial charge in [-0.3, -0.25) is 0 Å². The van der Waals surface area contributed by atoms with E-state index in [2.05, 4.69) is 66.2 Å². The molecule has 0 spiro atoms. The van der Waals surface area contributed by atoms with Crippen LogP contribution >= 0.6 is 22.6 Å². The number of hydrogen-bond donors (Lipinski definition) is 0. The third-order valence-corrected chi connectivity index (χ3v) is 4.17. The summed E-state index contributed by atoms with van der Waals surface area (Å²) in [4.78, 5) is 0. The number of rotatable bonds is 9. The molecule has 0 N–H and O–H groups in total. The second-order valence-corrected chi connectivity index (χ2v) is 11.1. The summed E-state index contributed by atoms with van der Waals surface area (Å²) in [6.45, 7) is 11.3. The summed E-state index contributed by atoms with van der Waals surface area (Å²) >= 11 is 2.29. The van der Waals surface area contributed by atoms with E-state index in [1.165, 1.54) is 32.1 Å². The normalized spacial score (nSPS) is 16.4. The molecule has 0 heterocycles. The molecule has 0 fully saturated rings. The summed E-state index contributed by atoms with van der Waals surface area (Å²) in [5.74, 6) is 0. The van der Waals surface area contributed by atoms with Crippen LogP contribution in [0.4, 0.5) is 0 Å². The Bertz CT molecular complexity index is 223. The van der Waals surface area contributed by atoms with Crippen LogP contribution < -0.4 is 0 Å². The van der Waals surface area contributed by atoms with Gasteiger partial charge in [-0.1, -0.05) is 61.6 Å². The lowest BCUT2D eigenvalue weighted by Crippen LogP contribution is -2.39. The third kappa shape index (κ3) is 10.3. The lowest BCUT2D eigenvalue weighted by Gasteiger charge is -2.34. The monoisotopic (exact) mass is 368 g/mol. The molecule has 0 saturated heterocycles. The van der Waals surface area contributed by atoms with Crippen molar-refractivity contribution in [2.75, 3.05) is 0 Å². The number of unbranched alkanes of at least 4 members (excludes halogenated alkanes) is 4. The van der Waals surface area contributed by atoms with Gasteiger partial charge in [0.2, 0.25) is 0 Å². The molecule has 17 heavy (non-hydrogen) atoms. The van der Waals surface area contributed by atoms with Gasteiger partial charge in [-0.15, -0.1) is 0 Å². The molecule has 1 nitrogen and oxygen atoms in total. The molecule has 0 aromatic heterocycles. The first-order chi connectivity index (χ1) is 7.83. The predicted octanol–water partition coefficient (Wildman–Crippen LogP) is 5.91. The van der Waals surface area contributed by atoms with Crippen molar-refractivity contribution in [1.29, 1.82) is 0 Å². The highest BCUT2D eigenvalue weighted by Gasteiger charge is 2.28. The number of halogens is 1. The van der Waals surface area contributed by atoms with E-state index in [9.17, 15) is 0 Å². The van der Waals surface area contributed by atoms with E-state index in [1.54, 1.807) is 0 Å². The van der Waals surface area contributed by atoms with Gasteiger partial charge >= 0.3 is 0 Å². The van der Waals surface area contributed by atoms with Crippen LogP contribution in [0.2, 0.25) is 19.6 Å². The minimum atomic E-state index is -1.46. The maximum Gasteiger partial charge on any atom is 0.184 e. The molecular weight excluding hydrogens is 339 g/mol. The predicted molar refractivity (Wildman–Crippen MR) is 89.4 cm³/mol. The van der Waals surface area contributed by atoms with Crippen LogP contribution in [-0.4, -0.2) is 13.9 Å². The fourth-order valence-electron chi connectivity index (χ4n) is 2.08. The van der Waals surface area contributed by atoms with Gasteiger partial charge < -0.3 is 4.43 Å². The molecule has 0 aliphatic rings. The second kappa shape index (κ2) is 8.70. The summed E-state index contributed by atoms with van der Waals surface area (Å²) in [5.41, 5.74) is -0.0438. The van der Waals surface area contributed by atoms with Crippen molar-refractivity contribution in [3.63, 3.8) is 0 Å². The van der Waals surface area contributed by atoms with Crippen molar-refractivity contribution in [1.82, 2.24) is 0 Å². The molecule has 0 aliphatic heterocycles. The molecule has 0 aromatic rings. The van der Waals surface area contributed by atoms with Crippen molar-refractivity contribution >= 4 is 30.9 Å². The first kappa shape index (κ1) is 17.6. The smallest absolute Gasteiger partial charge is 0.184 e. The van der Waals surface area contributed by atoms with E-state index in [4.69, 9.17) is 4.43 Å². The fourth-order valence-corrected chi connectivity index (χ4v) is 4.41. The highest BCUT2D eigenvalue weighted by Crippen LogP contribution is 2.26. The molecular formula is C14H29IOSi. The lowest BCUT2D eigenvalue weighted by atomic mass is 9.98. The lowest BCUT2D eigenvalue weighted by molar-refractivity contribution is 0.119. The van der Waals surface area contributed by atoms with Crippen LogP contribution in [0, 0.1) is 0 Å². The largest absolute Gasteiger partial charge is 0.409 e. The van der Waals surface area contributed by atoms with Crippen LogP contribution in [0.1, 0.15) is 52.4 Å². The quantitative estimate of drug-likeness (QED) is 0.279. The van der Waals surface area contributed by atoms with Crippen molar-refractivity contribution in [3.05, 3.63) is 10.2 Å². The first-order valence-corrected chi connectivity index (χ1v) is 11.5. The standard InChI is InChI=1S/C14H29IOSi/c1-6-7-8-9-10-11-14(2,12-13-15)16-17(3,4)5/h12-13H,6-11H2,1-5H3/b13-12+. The fraction of sp³-hybridized carbons (Fsp3) is 0.857. The molecule has 0 aromatic carbocycles. The van der Waals surface area contributed by atoms with Crippen molar-refractivity contribution in [2.45, 2.75) is 77.6 Å². The zero-order valence-electron chi connectivity index (χ0n) is 12.2. The zero-order valence-corrected chi connectivity index (χ0v) is 15.3. The summed E-state index contributed by atoms with van der Waals surface area (Å²) < 4.78 is 8.42. The second-order valence-electron chi connectivity index (χ2n) is 5.98. The van der Waals surface area contributed by atoms with Crippen LogP contribution in [0.3, 0.4) is 0 Å². The Morgan fingerprint density at radius 3 is 2.18 bits per heavy atom. The Kier molecular flexibility index (Phi) is 9.03. The van der Waals surface area contributed by atoms with E-state index >= 15 is 0 Å².